The Kier molecular flexibility index (Phi) is 13.8. The van der Waals surface area contributed by atoms with Crippen molar-refractivity contribution in [3.8, 4) is 11.5 Å². The molecule has 0 bridgehead atoms. The van der Waals surface area contributed by atoms with Gasteiger partial charge in [-0.3, -0.25) is 13.5 Å². The maximum Gasteiger partial charge on any atom is 0.349 e. The van der Waals surface area contributed by atoms with Crippen molar-refractivity contribution in [1.29, 1.82) is 0 Å². The molecule has 0 saturated heterocycles. The summed E-state index contributed by atoms with van der Waals surface area (Å²) in [5.41, 5.74) is 2.25. The number of nitrogens with zero attached hydrogens (tertiary/aromatic N) is 2. The van der Waals surface area contributed by atoms with Gasteiger partial charge in [-0.05, 0) is 76.6 Å². The molecular weight excluding hydrogens is 735 g/mol. The minimum atomic E-state index is -3.69. The smallest absolute Gasteiger partial charge is 0.349 e. The van der Waals surface area contributed by atoms with Crippen LogP contribution in [0, 0.1) is 0 Å². The first-order chi connectivity index (χ1) is 26.7. The molecule has 4 aromatic carbocycles. The maximum absolute atomic E-state index is 13.2. The average molecular weight is 784 g/mol. The Hall–Kier alpha value is -5.34. The van der Waals surface area contributed by atoms with E-state index < -0.39 is 27.5 Å². The summed E-state index contributed by atoms with van der Waals surface area (Å²) in [5, 5.41) is 2.71. The number of hydrogen-bond acceptors (Lipinski definition) is 10. The van der Waals surface area contributed by atoms with Gasteiger partial charge in [0, 0.05) is 18.3 Å². The highest BCUT2D eigenvalue weighted by Gasteiger charge is 2.38. The number of nitrogens with one attached hydrogen (secondary N) is 1. The summed E-state index contributed by atoms with van der Waals surface area (Å²) in [5.74, 6) is 1.10. The fourth-order valence-corrected chi connectivity index (χ4v) is 6.54. The highest BCUT2D eigenvalue weighted by molar-refractivity contribution is 7.85. The van der Waals surface area contributed by atoms with Gasteiger partial charge in [0.2, 0.25) is 0 Å². The second-order valence-corrected chi connectivity index (χ2v) is 15.8. The molecule has 1 N–H and O–H groups in total. The Balaban J connectivity index is 1.40. The quantitative estimate of drug-likeness (QED) is 0.0589. The van der Waals surface area contributed by atoms with Crippen LogP contribution in [0.5, 0.6) is 11.5 Å². The van der Waals surface area contributed by atoms with Crippen molar-refractivity contribution < 1.29 is 36.3 Å². The third-order valence-electron chi connectivity index (χ3n) is 9.21. The predicted molar refractivity (Wildman–Crippen MR) is 215 cm³/mol. The van der Waals surface area contributed by atoms with Gasteiger partial charge in [-0.2, -0.15) is 13.4 Å². The molecule has 12 nitrogen and oxygen atoms in total. The van der Waals surface area contributed by atoms with Crippen LogP contribution in [-0.2, 0) is 41.3 Å². The number of aryl methyl sites for hydroxylation is 1. The van der Waals surface area contributed by atoms with Crippen molar-refractivity contribution in [2.75, 3.05) is 45.6 Å². The predicted octanol–water partition coefficient (Wildman–Crippen LogP) is 6.57. The number of ether oxygens (including phenoxy) is 4. The molecule has 0 radical (unpaired) electrons. The lowest BCUT2D eigenvalue weighted by molar-refractivity contribution is -0.0723. The number of amides is 1. The second kappa shape index (κ2) is 18.5. The summed E-state index contributed by atoms with van der Waals surface area (Å²) < 4.78 is 53.8. The summed E-state index contributed by atoms with van der Waals surface area (Å²) in [6, 6.07) is 33.9. The summed E-state index contributed by atoms with van der Waals surface area (Å²) >= 11 is 0. The van der Waals surface area contributed by atoms with Crippen molar-refractivity contribution in [3.63, 3.8) is 0 Å². The molecule has 0 fully saturated rings. The molecule has 5 rings (SSSR count). The van der Waals surface area contributed by atoms with Crippen molar-refractivity contribution in [2.24, 2.45) is 0 Å². The Morgan fingerprint density at radius 2 is 1.32 bits per heavy atom. The van der Waals surface area contributed by atoms with Crippen molar-refractivity contribution in [3.05, 3.63) is 154 Å². The normalized spacial score (nSPS) is 12.5. The summed E-state index contributed by atoms with van der Waals surface area (Å²) in [6.45, 7) is 6.23. The molecule has 1 atom stereocenters. The average Bonchev–Trinajstić information content (AvgIpc) is 3.19. The van der Waals surface area contributed by atoms with Crippen LogP contribution in [0.3, 0.4) is 0 Å². The van der Waals surface area contributed by atoms with Crippen LogP contribution in [0.4, 0.5) is 5.82 Å². The molecule has 0 spiro atoms. The number of methoxy groups -OCH3 is 2. The van der Waals surface area contributed by atoms with Gasteiger partial charge in [0.25, 0.3) is 16.0 Å². The van der Waals surface area contributed by atoms with Gasteiger partial charge in [0.1, 0.15) is 22.9 Å². The van der Waals surface area contributed by atoms with Crippen LogP contribution < -0.4 is 20.5 Å². The minimum Gasteiger partial charge on any atom is -0.497 e. The van der Waals surface area contributed by atoms with Crippen molar-refractivity contribution >= 4 is 21.8 Å². The standard InChI is InChI=1S/C43H49N3O9S/c1-42(2,3)32-14-12-31(13-15-32)40(47)44-39-25-27-46(41(48)45-39)26-24-38(53-28-29-55-56(6,49)50)30-54-43(33-10-8-7-9-11-33,34-16-20-36(51-4)21-17-34)35-18-22-37(52-5)23-19-35/h7-23,25,27,38H,24,26,28-30H2,1-6H3,(H,44,45,47,48)/t38-/m0/s1. The monoisotopic (exact) mass is 783 g/mol. The molecule has 5 aromatic rings. The van der Waals surface area contributed by atoms with Crippen molar-refractivity contribution in [2.45, 2.75) is 50.9 Å². The van der Waals surface area contributed by atoms with Crippen LogP contribution >= 0.6 is 0 Å². The van der Waals surface area contributed by atoms with Gasteiger partial charge in [0.05, 0.1) is 46.4 Å². The SMILES string of the molecule is COc1ccc(C(OC[C@H](CCn2ccc(NC(=O)c3ccc(C(C)(C)C)cc3)nc2=O)OCCOS(C)(=O)=O)(c2ccccc2)c2ccc(OC)cc2)cc1. The number of benzene rings is 4. The van der Waals surface area contributed by atoms with E-state index in [1.165, 1.54) is 4.57 Å². The van der Waals surface area contributed by atoms with Crippen LogP contribution in [0.2, 0.25) is 0 Å². The maximum atomic E-state index is 13.2. The lowest BCUT2D eigenvalue weighted by atomic mass is 9.80. The fraction of sp³-hybridized carbons (Fsp3) is 0.326. The Morgan fingerprint density at radius 1 is 0.768 bits per heavy atom. The lowest BCUT2D eigenvalue weighted by Gasteiger charge is -2.37. The number of hydrogen-bond donors (Lipinski definition) is 1. The number of carbonyl (C=O) groups excluding carboxylic acids is 1. The van der Waals surface area contributed by atoms with E-state index in [4.69, 9.17) is 23.1 Å². The molecule has 0 aliphatic heterocycles. The largest absolute Gasteiger partial charge is 0.497 e. The Morgan fingerprint density at radius 3 is 1.84 bits per heavy atom. The fourth-order valence-electron chi connectivity index (χ4n) is 6.17. The Bertz CT molecular complexity index is 2150. The minimum absolute atomic E-state index is 0.0240. The zero-order chi connectivity index (χ0) is 40.3. The van der Waals surface area contributed by atoms with E-state index in [9.17, 15) is 18.0 Å². The van der Waals surface area contributed by atoms with E-state index in [0.29, 0.717) is 17.1 Å². The van der Waals surface area contributed by atoms with Gasteiger partial charge >= 0.3 is 5.69 Å². The van der Waals surface area contributed by atoms with E-state index in [0.717, 1.165) is 28.5 Å². The third-order valence-corrected chi connectivity index (χ3v) is 9.81. The molecule has 1 amide bonds. The zero-order valence-corrected chi connectivity index (χ0v) is 33.4. The van der Waals surface area contributed by atoms with E-state index >= 15 is 0 Å². The molecule has 1 heterocycles. The summed E-state index contributed by atoms with van der Waals surface area (Å²) in [4.78, 5) is 30.2. The van der Waals surface area contributed by atoms with Crippen LogP contribution in [0.1, 0.15) is 59.8 Å². The molecule has 13 heteroatoms. The van der Waals surface area contributed by atoms with E-state index in [-0.39, 0.29) is 49.9 Å². The summed E-state index contributed by atoms with van der Waals surface area (Å²) in [6.07, 6.45) is 2.17. The van der Waals surface area contributed by atoms with Crippen molar-refractivity contribution in [1.82, 2.24) is 9.55 Å². The van der Waals surface area contributed by atoms with Gasteiger partial charge in [-0.15, -0.1) is 0 Å². The molecule has 0 unspecified atom stereocenters. The van der Waals surface area contributed by atoms with Gasteiger partial charge in [-0.1, -0.05) is 87.5 Å². The number of carbonyl (C=O) groups is 1. The Labute approximate surface area is 328 Å². The van der Waals surface area contributed by atoms with Crippen LogP contribution in [0.25, 0.3) is 0 Å². The lowest BCUT2D eigenvalue weighted by Crippen LogP contribution is -2.37. The number of rotatable bonds is 18. The first kappa shape index (κ1) is 41.8. The molecule has 0 aliphatic carbocycles. The zero-order valence-electron chi connectivity index (χ0n) is 32.6. The highest BCUT2D eigenvalue weighted by atomic mass is 32.2. The van der Waals surface area contributed by atoms with Gasteiger partial charge < -0.3 is 24.3 Å². The van der Waals surface area contributed by atoms with E-state index in [2.05, 4.69) is 31.1 Å². The molecule has 0 saturated carbocycles. The third kappa shape index (κ3) is 10.9. The van der Waals surface area contributed by atoms with E-state index in [1.807, 2.05) is 91.0 Å². The van der Waals surface area contributed by atoms with E-state index in [1.54, 1.807) is 38.6 Å². The molecule has 1 aromatic heterocycles. The topological polar surface area (TPSA) is 144 Å². The first-order valence-electron chi connectivity index (χ1n) is 18.2. The van der Waals surface area contributed by atoms with Gasteiger partial charge in [-0.25, -0.2) is 4.79 Å². The first-order valence-corrected chi connectivity index (χ1v) is 20.0. The molecule has 296 valence electrons. The molecule has 56 heavy (non-hydrogen) atoms. The van der Waals surface area contributed by atoms with Crippen LogP contribution in [-0.4, -0.2) is 70.3 Å². The number of anilines is 1. The molecular formula is C43H49N3O9S. The molecule has 0 aliphatic rings. The highest BCUT2D eigenvalue weighted by Crippen LogP contribution is 2.42. The summed E-state index contributed by atoms with van der Waals surface area (Å²) in [7, 11) is -0.486. The van der Waals surface area contributed by atoms with Gasteiger partial charge in [0.15, 0.2) is 0 Å². The van der Waals surface area contributed by atoms with Crippen LogP contribution in [0.15, 0.2) is 120 Å². The number of aromatic nitrogens is 2. The second-order valence-electron chi connectivity index (χ2n) is 14.2.